The monoisotopic (exact) mass is 257 g/mol. The first-order chi connectivity index (χ1) is 9.20. The van der Waals surface area contributed by atoms with Gasteiger partial charge in [-0.25, -0.2) is 4.79 Å². The van der Waals surface area contributed by atoms with Gasteiger partial charge in [-0.05, 0) is 22.8 Å². The summed E-state index contributed by atoms with van der Waals surface area (Å²) < 4.78 is 4.32. The molecule has 0 radical (unpaired) electrons. The van der Waals surface area contributed by atoms with Crippen molar-refractivity contribution in [2.45, 2.75) is 6.42 Å². The molecule has 0 aliphatic carbocycles. The number of benzene rings is 2. The van der Waals surface area contributed by atoms with E-state index in [1.807, 2.05) is 30.3 Å². The number of rotatable bonds is 3. The maximum atomic E-state index is 11.2. The Labute approximate surface area is 111 Å². The Morgan fingerprint density at radius 2 is 1.84 bits per heavy atom. The van der Waals surface area contributed by atoms with Gasteiger partial charge < -0.3 is 10.1 Å². The molecule has 0 atom stereocenters. The summed E-state index contributed by atoms with van der Waals surface area (Å²) in [6.45, 7) is 0.409. The molecule has 2 aromatic carbocycles. The number of carbonyl (C=O) groups excluding carboxylic acids is 2. The van der Waals surface area contributed by atoms with Crippen molar-refractivity contribution in [2.75, 3.05) is 13.7 Å². The van der Waals surface area contributed by atoms with Crippen LogP contribution in [0.5, 0.6) is 0 Å². The molecule has 0 unspecified atom stereocenters. The Balaban J connectivity index is 1.95. The molecule has 0 spiro atoms. The molecule has 2 rings (SSSR count). The highest BCUT2D eigenvalue weighted by Crippen LogP contribution is 2.15. The van der Waals surface area contributed by atoms with Crippen molar-refractivity contribution in [3.63, 3.8) is 0 Å². The van der Waals surface area contributed by atoms with Gasteiger partial charge in [-0.1, -0.05) is 42.5 Å². The third-order valence-corrected chi connectivity index (χ3v) is 2.88. The van der Waals surface area contributed by atoms with Crippen molar-refractivity contribution in [3.05, 3.63) is 48.0 Å². The molecular weight excluding hydrogens is 242 g/mol. The van der Waals surface area contributed by atoms with Crippen LogP contribution in [0.1, 0.15) is 5.56 Å². The maximum absolute atomic E-state index is 11.2. The lowest BCUT2D eigenvalue weighted by Gasteiger charge is -2.05. The first kappa shape index (κ1) is 13.1. The van der Waals surface area contributed by atoms with Gasteiger partial charge in [0.05, 0.1) is 7.11 Å². The van der Waals surface area contributed by atoms with Crippen LogP contribution in [0.2, 0.25) is 0 Å². The Bertz CT molecular complexity index is 607. The van der Waals surface area contributed by atoms with E-state index in [9.17, 15) is 9.59 Å². The Kier molecular flexibility index (Phi) is 4.13. The largest absolute Gasteiger partial charge is 0.462 e. The molecule has 4 heteroatoms. The second kappa shape index (κ2) is 6.00. The average molecular weight is 257 g/mol. The first-order valence-corrected chi connectivity index (χ1v) is 6.04. The van der Waals surface area contributed by atoms with Gasteiger partial charge in [-0.3, -0.25) is 4.79 Å². The summed E-state index contributed by atoms with van der Waals surface area (Å²) in [5, 5.41) is 4.87. The minimum Gasteiger partial charge on any atom is -0.462 e. The van der Waals surface area contributed by atoms with Gasteiger partial charge in [0.25, 0.3) is 0 Å². The zero-order valence-corrected chi connectivity index (χ0v) is 10.7. The molecule has 0 bridgehead atoms. The average Bonchev–Trinajstić information content (AvgIpc) is 2.46. The fourth-order valence-corrected chi connectivity index (χ4v) is 1.88. The van der Waals surface area contributed by atoms with E-state index in [-0.39, 0.29) is 0 Å². The van der Waals surface area contributed by atoms with E-state index in [0.717, 1.165) is 5.56 Å². The lowest BCUT2D eigenvalue weighted by molar-refractivity contribution is -0.152. The molecule has 0 saturated heterocycles. The standard InChI is InChI=1S/C15H15NO3/c1-19-15(18)14(17)16-9-8-11-6-7-12-4-2-3-5-13(12)10-11/h2-7,10H,8-9H2,1H3,(H,16,17). The van der Waals surface area contributed by atoms with Crippen LogP contribution in [0.3, 0.4) is 0 Å². The number of nitrogens with one attached hydrogen (secondary N) is 1. The van der Waals surface area contributed by atoms with Gasteiger partial charge in [-0.2, -0.15) is 0 Å². The number of esters is 1. The Hall–Kier alpha value is -2.36. The molecule has 0 aliphatic rings. The number of methoxy groups -OCH3 is 1. The van der Waals surface area contributed by atoms with Gasteiger partial charge in [0.2, 0.25) is 0 Å². The highest BCUT2D eigenvalue weighted by Gasteiger charge is 2.11. The minimum atomic E-state index is -0.862. The second-order valence-corrected chi connectivity index (χ2v) is 4.18. The lowest BCUT2D eigenvalue weighted by Crippen LogP contribution is -2.33. The lowest BCUT2D eigenvalue weighted by atomic mass is 10.1. The summed E-state index contributed by atoms with van der Waals surface area (Å²) >= 11 is 0. The molecule has 19 heavy (non-hydrogen) atoms. The van der Waals surface area contributed by atoms with Crippen molar-refractivity contribution in [1.29, 1.82) is 0 Å². The van der Waals surface area contributed by atoms with E-state index in [2.05, 4.69) is 22.2 Å². The van der Waals surface area contributed by atoms with Gasteiger partial charge >= 0.3 is 11.9 Å². The summed E-state index contributed by atoms with van der Waals surface area (Å²) in [6.07, 6.45) is 0.674. The molecule has 0 saturated carbocycles. The smallest absolute Gasteiger partial charge is 0.396 e. The molecule has 2 aromatic rings. The normalized spacial score (nSPS) is 10.2. The van der Waals surface area contributed by atoms with Crippen LogP contribution < -0.4 is 5.32 Å². The van der Waals surface area contributed by atoms with Crippen LogP contribution in [-0.4, -0.2) is 25.5 Å². The van der Waals surface area contributed by atoms with Crippen LogP contribution in [0.25, 0.3) is 10.8 Å². The SMILES string of the molecule is COC(=O)C(=O)NCCc1ccc2ccccc2c1. The topological polar surface area (TPSA) is 55.4 Å². The van der Waals surface area contributed by atoms with E-state index in [1.165, 1.54) is 17.9 Å². The van der Waals surface area contributed by atoms with Crippen molar-refractivity contribution in [1.82, 2.24) is 5.32 Å². The highest BCUT2D eigenvalue weighted by atomic mass is 16.5. The number of hydrogen-bond donors (Lipinski definition) is 1. The fraction of sp³-hybridized carbons (Fsp3) is 0.200. The number of hydrogen-bond acceptors (Lipinski definition) is 3. The van der Waals surface area contributed by atoms with Crippen LogP contribution in [0.4, 0.5) is 0 Å². The Morgan fingerprint density at radius 1 is 1.11 bits per heavy atom. The third-order valence-electron chi connectivity index (χ3n) is 2.88. The highest BCUT2D eigenvalue weighted by molar-refractivity contribution is 6.32. The molecule has 0 aromatic heterocycles. The predicted molar refractivity (Wildman–Crippen MR) is 72.7 cm³/mol. The molecule has 4 nitrogen and oxygen atoms in total. The van der Waals surface area contributed by atoms with Crippen LogP contribution in [-0.2, 0) is 20.7 Å². The molecule has 1 amide bonds. The number of ether oxygens (including phenoxy) is 1. The van der Waals surface area contributed by atoms with Crippen LogP contribution in [0, 0.1) is 0 Å². The molecule has 0 heterocycles. The first-order valence-electron chi connectivity index (χ1n) is 6.04. The van der Waals surface area contributed by atoms with Gasteiger partial charge in [0.1, 0.15) is 0 Å². The number of carbonyl (C=O) groups is 2. The van der Waals surface area contributed by atoms with Crippen molar-refractivity contribution in [2.24, 2.45) is 0 Å². The summed E-state index contributed by atoms with van der Waals surface area (Å²) in [4.78, 5) is 22.1. The van der Waals surface area contributed by atoms with Crippen LogP contribution >= 0.6 is 0 Å². The van der Waals surface area contributed by atoms with E-state index in [4.69, 9.17) is 0 Å². The number of amides is 1. The van der Waals surface area contributed by atoms with E-state index >= 15 is 0 Å². The maximum Gasteiger partial charge on any atom is 0.396 e. The van der Waals surface area contributed by atoms with E-state index in [0.29, 0.717) is 13.0 Å². The third kappa shape index (κ3) is 3.31. The second-order valence-electron chi connectivity index (χ2n) is 4.18. The van der Waals surface area contributed by atoms with Crippen LogP contribution in [0.15, 0.2) is 42.5 Å². The summed E-state index contributed by atoms with van der Waals surface area (Å²) in [7, 11) is 1.19. The van der Waals surface area contributed by atoms with Crippen molar-refractivity contribution < 1.29 is 14.3 Å². The molecule has 0 fully saturated rings. The summed E-state index contributed by atoms with van der Waals surface area (Å²) in [5.74, 6) is -1.57. The van der Waals surface area contributed by atoms with Crippen molar-refractivity contribution >= 4 is 22.6 Å². The molecular formula is C15H15NO3. The molecule has 98 valence electrons. The van der Waals surface area contributed by atoms with Gasteiger partial charge in [-0.15, -0.1) is 0 Å². The zero-order chi connectivity index (χ0) is 13.7. The quantitative estimate of drug-likeness (QED) is 0.672. The molecule has 1 N–H and O–H groups in total. The number of fused-ring (bicyclic) bond motifs is 1. The fourth-order valence-electron chi connectivity index (χ4n) is 1.88. The van der Waals surface area contributed by atoms with E-state index in [1.54, 1.807) is 0 Å². The van der Waals surface area contributed by atoms with Crippen molar-refractivity contribution in [3.8, 4) is 0 Å². The summed E-state index contributed by atoms with van der Waals surface area (Å²) in [5.41, 5.74) is 1.11. The predicted octanol–water partition coefficient (Wildman–Crippen LogP) is 1.67. The Morgan fingerprint density at radius 3 is 2.58 bits per heavy atom. The van der Waals surface area contributed by atoms with Gasteiger partial charge in [0.15, 0.2) is 0 Å². The van der Waals surface area contributed by atoms with Gasteiger partial charge in [0, 0.05) is 6.54 Å². The minimum absolute atomic E-state index is 0.409. The van der Waals surface area contributed by atoms with E-state index < -0.39 is 11.9 Å². The summed E-state index contributed by atoms with van der Waals surface area (Å²) in [6, 6.07) is 14.2. The zero-order valence-electron chi connectivity index (χ0n) is 10.7. The molecule has 0 aliphatic heterocycles.